The Labute approximate surface area is 83.0 Å². The SMILES string of the molecule is O=C(O)Cc1ccc(CCS)cc1. The molecule has 1 aromatic rings. The van der Waals surface area contributed by atoms with Gasteiger partial charge in [0.1, 0.15) is 0 Å². The lowest BCUT2D eigenvalue weighted by atomic mass is 10.1. The quantitative estimate of drug-likeness (QED) is 0.720. The normalized spacial score (nSPS) is 9.92. The van der Waals surface area contributed by atoms with Gasteiger partial charge in [-0.1, -0.05) is 24.3 Å². The van der Waals surface area contributed by atoms with Crippen LogP contribution < -0.4 is 0 Å². The van der Waals surface area contributed by atoms with Gasteiger partial charge in [-0.25, -0.2) is 0 Å². The lowest BCUT2D eigenvalue weighted by molar-refractivity contribution is -0.136. The fourth-order valence-corrected chi connectivity index (χ4v) is 1.39. The van der Waals surface area contributed by atoms with Gasteiger partial charge in [-0.05, 0) is 23.3 Å². The number of thiol groups is 1. The first-order chi connectivity index (χ1) is 6.22. The lowest BCUT2D eigenvalue weighted by Gasteiger charge is -2.00. The van der Waals surface area contributed by atoms with Crippen LogP contribution >= 0.6 is 12.6 Å². The summed E-state index contributed by atoms with van der Waals surface area (Å²) in [5.41, 5.74) is 2.04. The number of aliphatic carboxylic acids is 1. The third-order valence-electron chi connectivity index (χ3n) is 1.78. The molecule has 0 aromatic heterocycles. The minimum Gasteiger partial charge on any atom is -0.481 e. The Morgan fingerprint density at radius 2 is 1.77 bits per heavy atom. The molecule has 0 amide bonds. The summed E-state index contributed by atoms with van der Waals surface area (Å²) in [6.07, 6.45) is 1.03. The fraction of sp³-hybridized carbons (Fsp3) is 0.300. The van der Waals surface area contributed by atoms with E-state index in [0.717, 1.165) is 17.7 Å². The molecule has 0 bridgehead atoms. The van der Waals surface area contributed by atoms with E-state index in [-0.39, 0.29) is 6.42 Å². The monoisotopic (exact) mass is 196 g/mol. The molecular formula is C10H12O2S. The van der Waals surface area contributed by atoms with Gasteiger partial charge in [0.05, 0.1) is 6.42 Å². The molecule has 0 fully saturated rings. The summed E-state index contributed by atoms with van der Waals surface area (Å²) in [4.78, 5) is 10.4. The van der Waals surface area contributed by atoms with E-state index in [4.69, 9.17) is 5.11 Å². The second kappa shape index (κ2) is 4.92. The molecule has 2 nitrogen and oxygen atoms in total. The molecule has 3 heteroatoms. The van der Waals surface area contributed by atoms with Crippen molar-refractivity contribution in [3.05, 3.63) is 35.4 Å². The number of hydrogen-bond donors (Lipinski definition) is 2. The smallest absolute Gasteiger partial charge is 0.307 e. The average Bonchev–Trinajstić information content (AvgIpc) is 2.08. The molecule has 0 unspecified atom stereocenters. The van der Waals surface area contributed by atoms with E-state index in [0.29, 0.717) is 0 Å². The second-order valence-electron chi connectivity index (χ2n) is 2.86. The largest absolute Gasteiger partial charge is 0.481 e. The van der Waals surface area contributed by atoms with Gasteiger partial charge >= 0.3 is 5.97 Å². The molecule has 1 aromatic carbocycles. The van der Waals surface area contributed by atoms with Gasteiger partial charge in [0.25, 0.3) is 0 Å². The molecule has 1 N–H and O–H groups in total. The summed E-state index contributed by atoms with van der Waals surface area (Å²) in [5, 5.41) is 8.53. The molecule has 13 heavy (non-hydrogen) atoms. The van der Waals surface area contributed by atoms with Gasteiger partial charge in [0.2, 0.25) is 0 Å². The molecule has 0 aliphatic heterocycles. The minimum absolute atomic E-state index is 0.0984. The Morgan fingerprint density at radius 3 is 2.23 bits per heavy atom. The van der Waals surface area contributed by atoms with Crippen LogP contribution in [0.1, 0.15) is 11.1 Å². The highest BCUT2D eigenvalue weighted by Gasteiger charge is 1.99. The summed E-state index contributed by atoms with van der Waals surface area (Å²) >= 11 is 4.12. The van der Waals surface area contributed by atoms with E-state index in [1.54, 1.807) is 0 Å². The predicted octanol–water partition coefficient (Wildman–Crippen LogP) is 1.79. The maximum atomic E-state index is 10.4. The maximum absolute atomic E-state index is 10.4. The van der Waals surface area contributed by atoms with Crippen LogP contribution in [0.3, 0.4) is 0 Å². The summed E-state index contributed by atoms with van der Waals surface area (Å²) in [6.45, 7) is 0. The summed E-state index contributed by atoms with van der Waals surface area (Å²) in [6, 6.07) is 7.61. The highest BCUT2D eigenvalue weighted by atomic mass is 32.1. The number of hydrogen-bond acceptors (Lipinski definition) is 2. The van der Waals surface area contributed by atoms with Crippen LogP contribution in [0.25, 0.3) is 0 Å². The lowest BCUT2D eigenvalue weighted by Crippen LogP contribution is -1.99. The van der Waals surface area contributed by atoms with Crippen molar-refractivity contribution in [2.24, 2.45) is 0 Å². The van der Waals surface area contributed by atoms with Crippen LogP contribution in [-0.4, -0.2) is 16.8 Å². The molecule has 0 saturated carbocycles. The Balaban J connectivity index is 2.64. The highest BCUT2D eigenvalue weighted by molar-refractivity contribution is 7.80. The zero-order valence-electron chi connectivity index (χ0n) is 7.23. The van der Waals surface area contributed by atoms with Crippen molar-refractivity contribution in [1.29, 1.82) is 0 Å². The number of carboxylic acids is 1. The van der Waals surface area contributed by atoms with Crippen LogP contribution in [0.5, 0.6) is 0 Å². The van der Waals surface area contributed by atoms with Crippen LogP contribution in [0.2, 0.25) is 0 Å². The van der Waals surface area contributed by atoms with Crippen LogP contribution in [0.4, 0.5) is 0 Å². The van der Waals surface area contributed by atoms with E-state index in [1.165, 1.54) is 5.56 Å². The molecule has 70 valence electrons. The standard InChI is InChI=1S/C10H12O2S/c11-10(12)7-9-3-1-8(2-4-9)5-6-13/h1-4,13H,5-7H2,(H,11,12). The zero-order chi connectivity index (χ0) is 9.68. The van der Waals surface area contributed by atoms with E-state index >= 15 is 0 Å². The van der Waals surface area contributed by atoms with E-state index < -0.39 is 5.97 Å². The Morgan fingerprint density at radius 1 is 1.23 bits per heavy atom. The van der Waals surface area contributed by atoms with Gasteiger partial charge in [-0.2, -0.15) is 12.6 Å². The second-order valence-corrected chi connectivity index (χ2v) is 3.31. The van der Waals surface area contributed by atoms with Crippen molar-refractivity contribution in [2.75, 3.05) is 5.75 Å². The van der Waals surface area contributed by atoms with Crippen molar-refractivity contribution in [1.82, 2.24) is 0 Å². The van der Waals surface area contributed by atoms with Crippen molar-refractivity contribution in [3.63, 3.8) is 0 Å². The zero-order valence-corrected chi connectivity index (χ0v) is 8.13. The topological polar surface area (TPSA) is 37.3 Å². The molecule has 0 heterocycles. The third-order valence-corrected chi connectivity index (χ3v) is 2.00. The number of benzene rings is 1. The Bertz CT molecular complexity index is 279. The van der Waals surface area contributed by atoms with Crippen LogP contribution in [0, 0.1) is 0 Å². The number of rotatable bonds is 4. The predicted molar refractivity (Wildman–Crippen MR) is 55.3 cm³/mol. The molecule has 1 rings (SSSR count). The Hall–Kier alpha value is -0.960. The van der Waals surface area contributed by atoms with Crippen molar-refractivity contribution < 1.29 is 9.90 Å². The molecule has 0 atom stereocenters. The molecule has 0 aliphatic rings. The van der Waals surface area contributed by atoms with Crippen LogP contribution in [-0.2, 0) is 17.6 Å². The molecule has 0 radical (unpaired) electrons. The number of aryl methyl sites for hydroxylation is 1. The molecule has 0 spiro atoms. The van der Waals surface area contributed by atoms with Crippen molar-refractivity contribution >= 4 is 18.6 Å². The highest BCUT2D eigenvalue weighted by Crippen LogP contribution is 2.06. The van der Waals surface area contributed by atoms with Crippen molar-refractivity contribution in [3.8, 4) is 0 Å². The number of carbonyl (C=O) groups is 1. The Kier molecular flexibility index (Phi) is 3.83. The van der Waals surface area contributed by atoms with E-state index in [1.807, 2.05) is 24.3 Å². The fourth-order valence-electron chi connectivity index (χ4n) is 1.13. The van der Waals surface area contributed by atoms with Crippen molar-refractivity contribution in [2.45, 2.75) is 12.8 Å². The van der Waals surface area contributed by atoms with Gasteiger partial charge in [0.15, 0.2) is 0 Å². The third kappa shape index (κ3) is 3.51. The molecular weight excluding hydrogens is 184 g/mol. The summed E-state index contributed by atoms with van der Waals surface area (Å²) < 4.78 is 0. The van der Waals surface area contributed by atoms with Crippen LogP contribution in [0.15, 0.2) is 24.3 Å². The number of carboxylic acid groups (broad SMARTS) is 1. The first-order valence-corrected chi connectivity index (χ1v) is 4.76. The van der Waals surface area contributed by atoms with E-state index in [2.05, 4.69) is 12.6 Å². The summed E-state index contributed by atoms with van der Waals surface area (Å²) in [7, 11) is 0. The first kappa shape index (κ1) is 10.1. The molecule has 0 aliphatic carbocycles. The summed E-state index contributed by atoms with van der Waals surface area (Å²) in [5.74, 6) is 0.0279. The average molecular weight is 196 g/mol. The van der Waals surface area contributed by atoms with Gasteiger partial charge < -0.3 is 5.11 Å². The van der Waals surface area contributed by atoms with Gasteiger partial charge in [-0.3, -0.25) is 4.79 Å². The first-order valence-electron chi connectivity index (χ1n) is 4.13. The maximum Gasteiger partial charge on any atom is 0.307 e. The van der Waals surface area contributed by atoms with Gasteiger partial charge in [0, 0.05) is 0 Å². The minimum atomic E-state index is -0.790. The van der Waals surface area contributed by atoms with E-state index in [9.17, 15) is 4.79 Å². The van der Waals surface area contributed by atoms with Gasteiger partial charge in [-0.15, -0.1) is 0 Å². The molecule has 0 saturated heterocycles.